The number of hydrogen-bond acceptors (Lipinski definition) is 4. The van der Waals surface area contributed by atoms with Crippen LogP contribution < -0.4 is 5.32 Å². The SMILES string of the molecule is CCNC(C)c1csc(-c2cccc(O)c2)n1. The number of phenols is 1. The van der Waals surface area contributed by atoms with Gasteiger partial charge in [-0.15, -0.1) is 11.3 Å². The van der Waals surface area contributed by atoms with Gasteiger partial charge in [0.2, 0.25) is 0 Å². The van der Waals surface area contributed by atoms with Crippen LogP contribution in [0.1, 0.15) is 25.6 Å². The molecule has 0 radical (unpaired) electrons. The Balaban J connectivity index is 2.23. The van der Waals surface area contributed by atoms with Crippen LogP contribution in [0, 0.1) is 0 Å². The normalized spacial score (nSPS) is 12.6. The molecular weight excluding hydrogens is 232 g/mol. The molecule has 0 amide bonds. The minimum Gasteiger partial charge on any atom is -0.508 e. The van der Waals surface area contributed by atoms with Gasteiger partial charge in [0.1, 0.15) is 10.8 Å². The summed E-state index contributed by atoms with van der Waals surface area (Å²) in [6, 6.07) is 7.46. The zero-order valence-electron chi connectivity index (χ0n) is 9.97. The van der Waals surface area contributed by atoms with Gasteiger partial charge in [-0.05, 0) is 25.6 Å². The van der Waals surface area contributed by atoms with Crippen molar-refractivity contribution in [2.75, 3.05) is 6.54 Å². The maximum atomic E-state index is 9.44. The summed E-state index contributed by atoms with van der Waals surface area (Å²) in [6.45, 7) is 5.12. The molecule has 1 aromatic carbocycles. The molecule has 2 N–H and O–H groups in total. The van der Waals surface area contributed by atoms with Crippen molar-refractivity contribution < 1.29 is 5.11 Å². The third-order valence-electron chi connectivity index (χ3n) is 2.57. The quantitative estimate of drug-likeness (QED) is 0.873. The molecule has 1 unspecified atom stereocenters. The molecule has 90 valence electrons. The summed E-state index contributed by atoms with van der Waals surface area (Å²) in [5, 5.41) is 15.8. The molecule has 0 saturated heterocycles. The van der Waals surface area contributed by atoms with Crippen LogP contribution in [0.4, 0.5) is 0 Å². The van der Waals surface area contributed by atoms with Crippen molar-refractivity contribution in [3.05, 3.63) is 35.3 Å². The van der Waals surface area contributed by atoms with Gasteiger partial charge in [0, 0.05) is 17.0 Å². The van der Waals surface area contributed by atoms with E-state index in [0.29, 0.717) is 0 Å². The van der Waals surface area contributed by atoms with Gasteiger partial charge in [-0.1, -0.05) is 19.1 Å². The highest BCUT2D eigenvalue weighted by Gasteiger charge is 2.10. The van der Waals surface area contributed by atoms with Crippen LogP contribution in [-0.4, -0.2) is 16.6 Å². The predicted molar refractivity (Wildman–Crippen MR) is 71.3 cm³/mol. The van der Waals surface area contributed by atoms with Gasteiger partial charge in [0.05, 0.1) is 5.69 Å². The van der Waals surface area contributed by atoms with Crippen molar-refractivity contribution in [1.29, 1.82) is 0 Å². The largest absolute Gasteiger partial charge is 0.508 e. The lowest BCUT2D eigenvalue weighted by atomic mass is 10.2. The Hall–Kier alpha value is -1.39. The van der Waals surface area contributed by atoms with Crippen molar-refractivity contribution in [2.24, 2.45) is 0 Å². The molecule has 0 aliphatic carbocycles. The summed E-state index contributed by atoms with van der Waals surface area (Å²) in [7, 11) is 0. The van der Waals surface area contributed by atoms with Gasteiger partial charge in [-0.3, -0.25) is 0 Å². The van der Waals surface area contributed by atoms with Crippen LogP contribution in [0.5, 0.6) is 5.75 Å². The van der Waals surface area contributed by atoms with Crippen molar-refractivity contribution >= 4 is 11.3 Å². The number of rotatable bonds is 4. The smallest absolute Gasteiger partial charge is 0.123 e. The average Bonchev–Trinajstić information content (AvgIpc) is 2.78. The molecule has 0 aliphatic rings. The fourth-order valence-electron chi connectivity index (χ4n) is 1.67. The lowest BCUT2D eigenvalue weighted by Gasteiger charge is -2.08. The van der Waals surface area contributed by atoms with E-state index in [1.165, 1.54) is 0 Å². The summed E-state index contributed by atoms with van der Waals surface area (Å²) < 4.78 is 0. The van der Waals surface area contributed by atoms with Crippen molar-refractivity contribution in [3.8, 4) is 16.3 Å². The fourth-order valence-corrected chi connectivity index (χ4v) is 2.58. The van der Waals surface area contributed by atoms with E-state index in [0.717, 1.165) is 22.8 Å². The number of thiazole rings is 1. The number of nitrogens with one attached hydrogen (secondary N) is 1. The lowest BCUT2D eigenvalue weighted by molar-refractivity contribution is 0.475. The molecule has 1 aromatic heterocycles. The molecule has 17 heavy (non-hydrogen) atoms. The Kier molecular flexibility index (Phi) is 3.76. The highest BCUT2D eigenvalue weighted by atomic mass is 32.1. The predicted octanol–water partition coefficient (Wildman–Crippen LogP) is 3.19. The molecule has 0 spiro atoms. The van der Waals surface area contributed by atoms with E-state index in [2.05, 4.69) is 29.5 Å². The van der Waals surface area contributed by atoms with E-state index in [9.17, 15) is 5.11 Å². The topological polar surface area (TPSA) is 45.1 Å². The van der Waals surface area contributed by atoms with Crippen LogP contribution in [0.3, 0.4) is 0 Å². The van der Waals surface area contributed by atoms with E-state index in [-0.39, 0.29) is 11.8 Å². The Morgan fingerprint density at radius 3 is 3.00 bits per heavy atom. The van der Waals surface area contributed by atoms with Crippen molar-refractivity contribution in [1.82, 2.24) is 10.3 Å². The molecular formula is C13H16N2OS. The maximum Gasteiger partial charge on any atom is 0.123 e. The zero-order chi connectivity index (χ0) is 12.3. The molecule has 1 heterocycles. The molecule has 1 atom stereocenters. The van der Waals surface area contributed by atoms with Gasteiger partial charge in [0.15, 0.2) is 0 Å². The Bertz CT molecular complexity index is 496. The summed E-state index contributed by atoms with van der Waals surface area (Å²) >= 11 is 1.60. The molecule has 0 saturated carbocycles. The molecule has 0 bridgehead atoms. The average molecular weight is 248 g/mol. The first-order valence-electron chi connectivity index (χ1n) is 5.69. The first-order valence-corrected chi connectivity index (χ1v) is 6.57. The zero-order valence-corrected chi connectivity index (χ0v) is 10.8. The van der Waals surface area contributed by atoms with Crippen LogP contribution in [0.15, 0.2) is 29.6 Å². The number of aromatic nitrogens is 1. The van der Waals surface area contributed by atoms with Crippen LogP contribution >= 0.6 is 11.3 Å². The van der Waals surface area contributed by atoms with Crippen LogP contribution in [0.2, 0.25) is 0 Å². The van der Waals surface area contributed by atoms with Gasteiger partial charge in [-0.2, -0.15) is 0 Å². The number of aromatic hydroxyl groups is 1. The second-order valence-corrected chi connectivity index (χ2v) is 4.77. The number of phenolic OH excluding ortho intramolecular Hbond substituents is 1. The third kappa shape index (κ3) is 2.84. The first-order chi connectivity index (χ1) is 8.20. The minimum absolute atomic E-state index is 0.266. The second-order valence-electron chi connectivity index (χ2n) is 3.91. The van der Waals surface area contributed by atoms with E-state index in [4.69, 9.17) is 0 Å². The minimum atomic E-state index is 0.266. The number of benzene rings is 1. The standard InChI is InChI=1S/C13H16N2OS/c1-3-14-9(2)12-8-17-13(15-12)10-5-4-6-11(16)7-10/h4-9,14,16H,3H2,1-2H3. The summed E-state index contributed by atoms with van der Waals surface area (Å²) in [6.07, 6.45) is 0. The second kappa shape index (κ2) is 5.29. The molecule has 2 aromatic rings. The van der Waals surface area contributed by atoms with Gasteiger partial charge >= 0.3 is 0 Å². The van der Waals surface area contributed by atoms with Gasteiger partial charge < -0.3 is 10.4 Å². The molecule has 4 heteroatoms. The molecule has 0 aliphatic heterocycles. The van der Waals surface area contributed by atoms with Crippen LogP contribution in [-0.2, 0) is 0 Å². The Labute approximate surface area is 105 Å². The highest BCUT2D eigenvalue weighted by Crippen LogP contribution is 2.28. The first kappa shape index (κ1) is 12.1. The Morgan fingerprint density at radius 2 is 2.29 bits per heavy atom. The summed E-state index contributed by atoms with van der Waals surface area (Å²) in [5.41, 5.74) is 2.01. The Morgan fingerprint density at radius 1 is 1.47 bits per heavy atom. The van der Waals surface area contributed by atoms with E-state index < -0.39 is 0 Å². The highest BCUT2D eigenvalue weighted by molar-refractivity contribution is 7.13. The number of hydrogen-bond donors (Lipinski definition) is 2. The maximum absolute atomic E-state index is 9.44. The lowest BCUT2D eigenvalue weighted by Crippen LogP contribution is -2.17. The molecule has 3 nitrogen and oxygen atoms in total. The van der Waals surface area contributed by atoms with E-state index >= 15 is 0 Å². The van der Waals surface area contributed by atoms with E-state index in [1.54, 1.807) is 23.5 Å². The number of nitrogens with zero attached hydrogens (tertiary/aromatic N) is 1. The van der Waals surface area contributed by atoms with Gasteiger partial charge in [0.25, 0.3) is 0 Å². The monoisotopic (exact) mass is 248 g/mol. The summed E-state index contributed by atoms with van der Waals surface area (Å²) in [5.74, 6) is 0.277. The molecule has 0 fully saturated rings. The summed E-state index contributed by atoms with van der Waals surface area (Å²) in [4.78, 5) is 4.59. The van der Waals surface area contributed by atoms with Crippen LogP contribution in [0.25, 0.3) is 10.6 Å². The van der Waals surface area contributed by atoms with Crippen molar-refractivity contribution in [2.45, 2.75) is 19.9 Å². The van der Waals surface area contributed by atoms with Gasteiger partial charge in [-0.25, -0.2) is 4.98 Å². The molecule has 2 rings (SSSR count). The third-order valence-corrected chi connectivity index (χ3v) is 3.48. The van der Waals surface area contributed by atoms with Crippen molar-refractivity contribution in [3.63, 3.8) is 0 Å². The van der Waals surface area contributed by atoms with E-state index in [1.807, 2.05) is 12.1 Å². The fraction of sp³-hybridized carbons (Fsp3) is 0.308.